The van der Waals surface area contributed by atoms with Gasteiger partial charge in [0.1, 0.15) is 6.61 Å². The Labute approximate surface area is 55.3 Å². The highest BCUT2D eigenvalue weighted by Crippen LogP contribution is 1.95. The van der Waals surface area contributed by atoms with Crippen LogP contribution in [-0.4, -0.2) is 19.3 Å². The van der Waals surface area contributed by atoms with Crippen LogP contribution in [0.25, 0.3) is 0 Å². The van der Waals surface area contributed by atoms with Gasteiger partial charge in [-0.25, -0.2) is 9.18 Å². The van der Waals surface area contributed by atoms with Crippen LogP contribution in [0.4, 0.5) is 13.2 Å². The maximum atomic E-state index is 11.2. The van der Waals surface area contributed by atoms with E-state index in [0.29, 0.717) is 6.08 Å². The molecule has 0 fully saturated rings. The lowest BCUT2D eigenvalue weighted by Gasteiger charge is -1.94. The molecule has 0 atom stereocenters. The first-order chi connectivity index (χ1) is 4.66. The molecule has 0 rings (SSSR count). The van der Waals surface area contributed by atoms with Crippen LogP contribution in [0.3, 0.4) is 0 Å². The number of ether oxygens (including phenoxy) is 1. The molecular weight excluding hydrogens is 149 g/mol. The van der Waals surface area contributed by atoms with Gasteiger partial charge in [0.05, 0.1) is 0 Å². The van der Waals surface area contributed by atoms with Crippen molar-refractivity contribution in [1.82, 2.24) is 0 Å². The molecule has 0 aromatic rings. The van der Waals surface area contributed by atoms with E-state index >= 15 is 0 Å². The monoisotopic (exact) mass is 154 g/mol. The Kier molecular flexibility index (Phi) is 4.36. The smallest absolute Gasteiger partial charge is 0.337 e. The van der Waals surface area contributed by atoms with E-state index in [9.17, 15) is 18.0 Å². The van der Waals surface area contributed by atoms with Gasteiger partial charge in [-0.05, 0) is 0 Å². The summed E-state index contributed by atoms with van der Waals surface area (Å²) in [5.41, 5.74) is 0. The van der Waals surface area contributed by atoms with E-state index in [1.54, 1.807) is 0 Å². The number of carbonyl (C=O) groups excluding carboxylic acids is 1. The van der Waals surface area contributed by atoms with Gasteiger partial charge in [0.2, 0.25) is 0 Å². The Morgan fingerprint density at radius 2 is 2.10 bits per heavy atom. The van der Waals surface area contributed by atoms with Crippen molar-refractivity contribution in [2.75, 3.05) is 13.3 Å². The van der Waals surface area contributed by atoms with E-state index in [4.69, 9.17) is 0 Å². The summed E-state index contributed by atoms with van der Waals surface area (Å²) in [4.78, 5) is 9.92. The molecule has 10 heavy (non-hydrogen) atoms. The van der Waals surface area contributed by atoms with Crippen molar-refractivity contribution in [2.45, 2.75) is 0 Å². The average Bonchev–Trinajstić information content (AvgIpc) is 1.87. The lowest BCUT2D eigenvalue weighted by molar-refractivity contribution is -0.143. The molecule has 0 saturated carbocycles. The second-order valence-electron chi connectivity index (χ2n) is 1.31. The molecule has 0 spiro atoms. The molecule has 0 N–H and O–H groups in total. The Bertz CT molecular complexity index is 140. The summed E-state index contributed by atoms with van der Waals surface area (Å²) in [6, 6.07) is 0. The fourth-order valence-electron chi connectivity index (χ4n) is 0.236. The van der Waals surface area contributed by atoms with Crippen molar-refractivity contribution >= 4 is 5.97 Å². The largest absolute Gasteiger partial charge is 0.459 e. The van der Waals surface area contributed by atoms with Crippen molar-refractivity contribution in [2.24, 2.45) is 0 Å². The molecule has 0 aliphatic rings. The first kappa shape index (κ1) is 9.00. The molecule has 5 heteroatoms. The number of esters is 1. The predicted octanol–water partition coefficient (Wildman–Crippen LogP) is 1.28. The van der Waals surface area contributed by atoms with E-state index in [1.165, 1.54) is 0 Å². The summed E-state index contributed by atoms with van der Waals surface area (Å²) in [6.07, 6.45) is -1.57. The first-order valence-corrected chi connectivity index (χ1v) is 2.39. The average molecular weight is 154 g/mol. The highest BCUT2D eigenvalue weighted by molar-refractivity contribution is 5.70. The van der Waals surface area contributed by atoms with Crippen LogP contribution in [-0.2, 0) is 9.53 Å². The van der Waals surface area contributed by atoms with E-state index in [-0.39, 0.29) is 0 Å². The van der Waals surface area contributed by atoms with Crippen molar-refractivity contribution < 1.29 is 22.7 Å². The minimum absolute atomic E-state index is 0.382. The normalized spacial score (nSPS) is 8.70. The van der Waals surface area contributed by atoms with Gasteiger partial charge in [0, 0.05) is 6.08 Å². The molecule has 0 heterocycles. The third-order valence-corrected chi connectivity index (χ3v) is 0.591. The summed E-state index contributed by atoms with van der Waals surface area (Å²) in [5, 5.41) is 0. The molecule has 0 amide bonds. The zero-order valence-electron chi connectivity index (χ0n) is 4.94. The second-order valence-corrected chi connectivity index (χ2v) is 1.31. The maximum absolute atomic E-state index is 11.2. The fraction of sp³-hybridized carbons (Fsp3) is 0.400. The zero-order valence-corrected chi connectivity index (χ0v) is 4.94. The van der Waals surface area contributed by atoms with E-state index in [0.717, 1.165) is 0 Å². The minimum Gasteiger partial charge on any atom is -0.459 e. The van der Waals surface area contributed by atoms with Crippen LogP contribution in [0.5, 0.6) is 0 Å². The third kappa shape index (κ3) is 5.14. The molecule has 0 aliphatic carbocycles. The zero-order chi connectivity index (χ0) is 7.98. The standard InChI is InChI=1S/C5H5F3O2/c6-3-5(9)10-2-1-4(7)8/h1H,2-3H2. The number of halogens is 3. The van der Waals surface area contributed by atoms with Crippen LogP contribution < -0.4 is 0 Å². The molecule has 0 aromatic heterocycles. The number of hydrogen-bond donors (Lipinski definition) is 0. The van der Waals surface area contributed by atoms with Gasteiger partial charge < -0.3 is 4.74 Å². The van der Waals surface area contributed by atoms with Crippen LogP contribution in [0.15, 0.2) is 12.2 Å². The van der Waals surface area contributed by atoms with E-state index in [1.807, 2.05) is 0 Å². The van der Waals surface area contributed by atoms with Crippen molar-refractivity contribution in [3.8, 4) is 0 Å². The summed E-state index contributed by atoms with van der Waals surface area (Å²) >= 11 is 0. The number of hydrogen-bond acceptors (Lipinski definition) is 2. The quantitative estimate of drug-likeness (QED) is 0.572. The molecule has 0 saturated heterocycles. The van der Waals surface area contributed by atoms with Crippen molar-refractivity contribution in [3.05, 3.63) is 12.2 Å². The molecule has 0 unspecified atom stereocenters. The third-order valence-electron chi connectivity index (χ3n) is 0.591. The topological polar surface area (TPSA) is 26.3 Å². The van der Waals surface area contributed by atoms with Gasteiger partial charge in [-0.1, -0.05) is 0 Å². The lowest BCUT2D eigenvalue weighted by atomic mass is 10.6. The highest BCUT2D eigenvalue weighted by Gasteiger charge is 1.98. The van der Waals surface area contributed by atoms with Crippen molar-refractivity contribution in [1.29, 1.82) is 0 Å². The van der Waals surface area contributed by atoms with Gasteiger partial charge >= 0.3 is 5.97 Å². The lowest BCUT2D eigenvalue weighted by Crippen LogP contribution is -2.05. The van der Waals surface area contributed by atoms with Crippen LogP contribution in [0, 0.1) is 0 Å². The van der Waals surface area contributed by atoms with E-state index < -0.39 is 25.3 Å². The molecule has 58 valence electrons. The summed E-state index contributed by atoms with van der Waals surface area (Å²) in [6.45, 7) is -1.87. The van der Waals surface area contributed by atoms with E-state index in [2.05, 4.69) is 4.74 Å². The Balaban J connectivity index is 3.37. The van der Waals surface area contributed by atoms with Gasteiger partial charge in [0.25, 0.3) is 6.08 Å². The molecule has 0 aromatic carbocycles. The second kappa shape index (κ2) is 4.84. The summed E-state index contributed by atoms with van der Waals surface area (Å²) < 4.78 is 37.5. The molecule has 2 nitrogen and oxygen atoms in total. The van der Waals surface area contributed by atoms with Gasteiger partial charge in [-0.2, -0.15) is 8.78 Å². The number of carbonyl (C=O) groups is 1. The molecule has 0 aliphatic heterocycles. The van der Waals surface area contributed by atoms with Crippen LogP contribution in [0.2, 0.25) is 0 Å². The Morgan fingerprint density at radius 3 is 2.50 bits per heavy atom. The van der Waals surface area contributed by atoms with Gasteiger partial charge in [-0.15, -0.1) is 0 Å². The van der Waals surface area contributed by atoms with Gasteiger partial charge in [0.15, 0.2) is 6.67 Å². The van der Waals surface area contributed by atoms with Gasteiger partial charge in [-0.3, -0.25) is 0 Å². The van der Waals surface area contributed by atoms with Crippen LogP contribution >= 0.6 is 0 Å². The minimum atomic E-state index is -1.95. The Morgan fingerprint density at radius 1 is 1.50 bits per heavy atom. The number of rotatable bonds is 3. The summed E-state index contributed by atoms with van der Waals surface area (Å²) in [5.74, 6) is -1.14. The van der Waals surface area contributed by atoms with Crippen LogP contribution in [0.1, 0.15) is 0 Å². The van der Waals surface area contributed by atoms with Crippen molar-refractivity contribution in [3.63, 3.8) is 0 Å². The number of alkyl halides is 1. The SMILES string of the molecule is O=C(CF)OCC=C(F)F. The fourth-order valence-corrected chi connectivity index (χ4v) is 0.236. The highest BCUT2D eigenvalue weighted by atomic mass is 19.3. The molecule has 0 radical (unpaired) electrons. The predicted molar refractivity (Wildman–Crippen MR) is 27.2 cm³/mol. The first-order valence-electron chi connectivity index (χ1n) is 2.39. The molecule has 0 bridgehead atoms. The Hall–Kier alpha value is -1.00. The summed E-state index contributed by atoms with van der Waals surface area (Å²) in [7, 11) is 0. The maximum Gasteiger partial charge on any atom is 0.337 e. The molecular formula is C5H5F3O2.